The maximum atomic E-state index is 3.60. The molecular formula is C11H13N. The fourth-order valence-corrected chi connectivity index (χ4v) is 2.22. The molecule has 1 nitrogen and oxygen atoms in total. The van der Waals surface area contributed by atoms with Crippen LogP contribution in [0.2, 0.25) is 0 Å². The minimum atomic E-state index is 0.418. The second-order valence-electron chi connectivity index (χ2n) is 4.10. The molecular weight excluding hydrogens is 146 g/mol. The van der Waals surface area contributed by atoms with Crippen molar-refractivity contribution in [1.29, 1.82) is 0 Å². The van der Waals surface area contributed by atoms with E-state index in [0.29, 0.717) is 5.54 Å². The first kappa shape index (κ1) is 6.67. The van der Waals surface area contributed by atoms with Gasteiger partial charge in [-0.3, -0.25) is 0 Å². The van der Waals surface area contributed by atoms with E-state index >= 15 is 0 Å². The molecule has 0 radical (unpaired) electrons. The Morgan fingerprint density at radius 3 is 2.92 bits per heavy atom. The lowest BCUT2D eigenvalue weighted by Gasteiger charge is -2.08. The summed E-state index contributed by atoms with van der Waals surface area (Å²) in [6, 6.07) is 6.83. The van der Waals surface area contributed by atoms with Crippen LogP contribution in [0.1, 0.15) is 29.5 Å². The topological polar surface area (TPSA) is 12.0 Å². The molecule has 1 aliphatic carbocycles. The average Bonchev–Trinajstić information content (AvgIpc) is 2.74. The van der Waals surface area contributed by atoms with Crippen molar-refractivity contribution < 1.29 is 0 Å². The number of benzene rings is 1. The number of hydrogen-bond acceptors (Lipinski definition) is 1. The van der Waals surface area contributed by atoms with E-state index in [1.165, 1.54) is 24.0 Å². The summed E-state index contributed by atoms with van der Waals surface area (Å²) in [5.41, 5.74) is 4.89. The fourth-order valence-electron chi connectivity index (χ4n) is 2.22. The molecule has 2 aliphatic rings. The van der Waals surface area contributed by atoms with Gasteiger partial charge in [-0.1, -0.05) is 23.8 Å². The average molecular weight is 159 g/mol. The van der Waals surface area contributed by atoms with Crippen molar-refractivity contribution in [3.63, 3.8) is 0 Å². The molecule has 1 aromatic rings. The largest absolute Gasteiger partial charge is 0.303 e. The summed E-state index contributed by atoms with van der Waals surface area (Å²) in [7, 11) is 0. The molecule has 1 saturated carbocycles. The zero-order valence-corrected chi connectivity index (χ0v) is 7.35. The lowest BCUT2D eigenvalue weighted by Crippen LogP contribution is -2.19. The van der Waals surface area contributed by atoms with Crippen molar-refractivity contribution in [2.45, 2.75) is 31.8 Å². The van der Waals surface area contributed by atoms with Crippen molar-refractivity contribution in [1.82, 2.24) is 5.32 Å². The van der Waals surface area contributed by atoms with Gasteiger partial charge in [0.2, 0.25) is 0 Å². The van der Waals surface area contributed by atoms with Crippen molar-refractivity contribution in [2.75, 3.05) is 0 Å². The number of nitrogens with one attached hydrogen (secondary N) is 1. The summed E-state index contributed by atoms with van der Waals surface area (Å²) in [5.74, 6) is 0. The lowest BCUT2D eigenvalue weighted by atomic mass is 10.0. The zero-order valence-electron chi connectivity index (χ0n) is 7.35. The molecule has 0 atom stereocenters. The van der Waals surface area contributed by atoms with Crippen LogP contribution < -0.4 is 5.32 Å². The zero-order chi connectivity index (χ0) is 8.18. The SMILES string of the molecule is Cc1ccc2c(c1)C1(CC1)NC2. The highest BCUT2D eigenvalue weighted by Crippen LogP contribution is 2.50. The van der Waals surface area contributed by atoms with E-state index in [-0.39, 0.29) is 0 Å². The molecule has 12 heavy (non-hydrogen) atoms. The Labute approximate surface area is 72.8 Å². The summed E-state index contributed by atoms with van der Waals surface area (Å²) in [6.45, 7) is 3.25. The van der Waals surface area contributed by atoms with E-state index in [1.807, 2.05) is 0 Å². The number of fused-ring (bicyclic) bond motifs is 2. The van der Waals surface area contributed by atoms with E-state index in [0.717, 1.165) is 6.54 Å². The normalized spacial score (nSPS) is 22.8. The third-order valence-electron chi connectivity index (χ3n) is 3.15. The Kier molecular flexibility index (Phi) is 1.06. The Bertz CT molecular complexity index is 337. The molecule has 0 saturated heterocycles. The molecule has 62 valence electrons. The first-order valence-corrected chi connectivity index (χ1v) is 4.65. The van der Waals surface area contributed by atoms with Crippen LogP contribution in [0.4, 0.5) is 0 Å². The monoisotopic (exact) mass is 159 g/mol. The summed E-state index contributed by atoms with van der Waals surface area (Å²) < 4.78 is 0. The fraction of sp³-hybridized carbons (Fsp3) is 0.455. The highest BCUT2D eigenvalue weighted by Gasteiger charge is 2.48. The van der Waals surface area contributed by atoms with Gasteiger partial charge in [-0.2, -0.15) is 0 Å². The van der Waals surface area contributed by atoms with E-state index in [2.05, 4.69) is 30.4 Å². The van der Waals surface area contributed by atoms with E-state index in [1.54, 1.807) is 5.56 Å². The van der Waals surface area contributed by atoms with Crippen molar-refractivity contribution in [3.8, 4) is 0 Å². The van der Waals surface area contributed by atoms with E-state index in [4.69, 9.17) is 0 Å². The molecule has 0 bridgehead atoms. The van der Waals surface area contributed by atoms with Gasteiger partial charge in [-0.05, 0) is 30.9 Å². The highest BCUT2D eigenvalue weighted by molar-refractivity contribution is 5.43. The number of hydrogen-bond donors (Lipinski definition) is 1. The molecule has 1 spiro atoms. The molecule has 1 N–H and O–H groups in total. The number of aryl methyl sites for hydroxylation is 1. The Hall–Kier alpha value is -0.820. The maximum absolute atomic E-state index is 3.60. The molecule has 0 unspecified atom stereocenters. The third-order valence-corrected chi connectivity index (χ3v) is 3.15. The maximum Gasteiger partial charge on any atom is 0.0442 e. The van der Waals surface area contributed by atoms with Crippen LogP contribution in [0.15, 0.2) is 18.2 Å². The van der Waals surface area contributed by atoms with Gasteiger partial charge in [0.25, 0.3) is 0 Å². The van der Waals surface area contributed by atoms with Crippen LogP contribution in [0, 0.1) is 6.92 Å². The smallest absolute Gasteiger partial charge is 0.0442 e. The molecule has 1 aromatic carbocycles. The minimum absolute atomic E-state index is 0.418. The molecule has 0 aromatic heterocycles. The van der Waals surface area contributed by atoms with Gasteiger partial charge in [-0.25, -0.2) is 0 Å². The first-order chi connectivity index (χ1) is 5.80. The Balaban J connectivity index is 2.20. The van der Waals surface area contributed by atoms with Gasteiger partial charge < -0.3 is 5.32 Å². The molecule has 1 heterocycles. The van der Waals surface area contributed by atoms with Crippen LogP contribution >= 0.6 is 0 Å². The van der Waals surface area contributed by atoms with Crippen molar-refractivity contribution in [3.05, 3.63) is 34.9 Å². The molecule has 3 rings (SSSR count). The van der Waals surface area contributed by atoms with Crippen molar-refractivity contribution in [2.24, 2.45) is 0 Å². The minimum Gasteiger partial charge on any atom is -0.303 e. The van der Waals surface area contributed by atoms with Gasteiger partial charge in [0.1, 0.15) is 0 Å². The molecule has 1 heteroatoms. The quantitative estimate of drug-likeness (QED) is 0.611. The summed E-state index contributed by atoms with van der Waals surface area (Å²) >= 11 is 0. The van der Waals surface area contributed by atoms with Crippen molar-refractivity contribution >= 4 is 0 Å². The van der Waals surface area contributed by atoms with Crippen LogP contribution in [0.25, 0.3) is 0 Å². The highest BCUT2D eigenvalue weighted by atomic mass is 15.0. The number of rotatable bonds is 0. The second-order valence-corrected chi connectivity index (χ2v) is 4.10. The van der Waals surface area contributed by atoms with Gasteiger partial charge >= 0.3 is 0 Å². The second kappa shape index (κ2) is 1.91. The Morgan fingerprint density at radius 2 is 2.17 bits per heavy atom. The first-order valence-electron chi connectivity index (χ1n) is 4.65. The predicted molar refractivity (Wildman–Crippen MR) is 48.9 cm³/mol. The summed E-state index contributed by atoms with van der Waals surface area (Å²) in [4.78, 5) is 0. The van der Waals surface area contributed by atoms with Crippen LogP contribution in [0.3, 0.4) is 0 Å². The summed E-state index contributed by atoms with van der Waals surface area (Å²) in [5, 5.41) is 3.60. The van der Waals surface area contributed by atoms with E-state index < -0.39 is 0 Å². The standard InChI is InChI=1S/C11H13N/c1-8-2-3-9-7-12-11(4-5-11)10(9)6-8/h2-3,6,12H,4-5,7H2,1H3. The van der Waals surface area contributed by atoms with Gasteiger partial charge in [0, 0.05) is 12.1 Å². The third kappa shape index (κ3) is 0.721. The summed E-state index contributed by atoms with van der Waals surface area (Å²) in [6.07, 6.45) is 2.67. The van der Waals surface area contributed by atoms with E-state index in [9.17, 15) is 0 Å². The van der Waals surface area contributed by atoms with Crippen LogP contribution in [-0.4, -0.2) is 0 Å². The predicted octanol–water partition coefficient (Wildman–Crippen LogP) is 2.09. The van der Waals surface area contributed by atoms with Gasteiger partial charge in [-0.15, -0.1) is 0 Å². The lowest BCUT2D eigenvalue weighted by molar-refractivity contribution is 0.574. The molecule has 1 fully saturated rings. The Morgan fingerprint density at radius 1 is 1.33 bits per heavy atom. The molecule has 1 aliphatic heterocycles. The van der Waals surface area contributed by atoms with Crippen LogP contribution in [0.5, 0.6) is 0 Å². The van der Waals surface area contributed by atoms with Gasteiger partial charge in [0.05, 0.1) is 0 Å². The molecule has 0 amide bonds. The van der Waals surface area contributed by atoms with Gasteiger partial charge in [0.15, 0.2) is 0 Å². The van der Waals surface area contributed by atoms with Crippen LogP contribution in [-0.2, 0) is 12.1 Å².